The maximum Gasteiger partial charge on any atom is 0.220 e. The number of hydrogen-bond donors (Lipinski definition) is 0. The molecule has 0 radical (unpaired) electrons. The first kappa shape index (κ1) is 26.2. The normalized spacial score (nSPS) is 11.8. The molecule has 4 rings (SSSR count). The van der Waals surface area contributed by atoms with Gasteiger partial charge in [-0.05, 0) is 68.7 Å². The lowest BCUT2D eigenvalue weighted by Gasteiger charge is -2.17. The standard InChI is InChI=1S/C28H30N4O4S/c1-5-35-26-16-23(13-14-25(26)36-18-22-11-9-19(2)10-12-22)27(17-31(33)34)37-28-30-29-21(4)32(28)24-8-6-7-20(3)15-24/h6-16,27H,5,17-18H2,1-4H3/t27-/m1/s1. The van der Waals surface area contributed by atoms with Crippen LogP contribution >= 0.6 is 11.8 Å². The number of rotatable bonds is 11. The molecule has 37 heavy (non-hydrogen) atoms. The maximum absolute atomic E-state index is 11.6. The van der Waals surface area contributed by atoms with E-state index in [4.69, 9.17) is 9.47 Å². The third kappa shape index (κ3) is 6.68. The van der Waals surface area contributed by atoms with E-state index in [-0.39, 0.29) is 11.5 Å². The Morgan fingerprint density at radius 2 is 1.73 bits per heavy atom. The van der Waals surface area contributed by atoms with E-state index < -0.39 is 5.25 Å². The lowest BCUT2D eigenvalue weighted by atomic mass is 10.1. The van der Waals surface area contributed by atoms with Crippen molar-refractivity contribution in [2.45, 2.75) is 44.7 Å². The maximum atomic E-state index is 11.6. The zero-order valence-corrected chi connectivity index (χ0v) is 22.2. The van der Waals surface area contributed by atoms with Gasteiger partial charge in [-0.15, -0.1) is 10.2 Å². The van der Waals surface area contributed by atoms with Crippen LogP contribution < -0.4 is 9.47 Å². The van der Waals surface area contributed by atoms with E-state index in [9.17, 15) is 10.1 Å². The molecule has 8 nitrogen and oxygen atoms in total. The van der Waals surface area contributed by atoms with Gasteiger partial charge in [-0.2, -0.15) is 0 Å². The number of nitro groups is 1. The second-order valence-corrected chi connectivity index (χ2v) is 9.91. The van der Waals surface area contributed by atoms with Gasteiger partial charge in [-0.1, -0.05) is 59.8 Å². The van der Waals surface area contributed by atoms with Crippen LogP contribution in [0.5, 0.6) is 11.5 Å². The van der Waals surface area contributed by atoms with Crippen LogP contribution in [0.2, 0.25) is 0 Å². The Balaban J connectivity index is 1.62. The highest BCUT2D eigenvalue weighted by atomic mass is 32.2. The molecular formula is C28H30N4O4S. The summed E-state index contributed by atoms with van der Waals surface area (Å²) in [4.78, 5) is 11.3. The molecule has 0 aliphatic rings. The Labute approximate surface area is 220 Å². The van der Waals surface area contributed by atoms with Gasteiger partial charge in [-0.3, -0.25) is 14.7 Å². The summed E-state index contributed by atoms with van der Waals surface area (Å²) in [6.45, 7) is 8.38. The number of aryl methyl sites for hydroxylation is 3. The quantitative estimate of drug-likeness (QED) is 0.131. The van der Waals surface area contributed by atoms with Crippen molar-refractivity contribution in [1.82, 2.24) is 14.8 Å². The molecule has 0 bridgehead atoms. The lowest BCUT2D eigenvalue weighted by Crippen LogP contribution is -2.12. The Morgan fingerprint density at radius 3 is 2.43 bits per heavy atom. The van der Waals surface area contributed by atoms with Crippen LogP contribution in [0.25, 0.3) is 5.69 Å². The van der Waals surface area contributed by atoms with Gasteiger partial charge in [0.05, 0.1) is 6.61 Å². The monoisotopic (exact) mass is 518 g/mol. The fourth-order valence-electron chi connectivity index (χ4n) is 3.91. The van der Waals surface area contributed by atoms with Gasteiger partial charge in [0.1, 0.15) is 17.7 Å². The van der Waals surface area contributed by atoms with Gasteiger partial charge in [0, 0.05) is 10.6 Å². The summed E-state index contributed by atoms with van der Waals surface area (Å²) in [7, 11) is 0. The van der Waals surface area contributed by atoms with E-state index in [1.807, 2.05) is 99.0 Å². The van der Waals surface area contributed by atoms with E-state index in [1.54, 1.807) is 0 Å². The van der Waals surface area contributed by atoms with Gasteiger partial charge in [0.25, 0.3) is 0 Å². The van der Waals surface area contributed by atoms with Crippen LogP contribution in [0.3, 0.4) is 0 Å². The summed E-state index contributed by atoms with van der Waals surface area (Å²) >= 11 is 1.31. The highest BCUT2D eigenvalue weighted by molar-refractivity contribution is 7.99. The van der Waals surface area contributed by atoms with Crippen LogP contribution in [0.15, 0.2) is 71.9 Å². The molecule has 3 aromatic carbocycles. The number of hydrogen-bond acceptors (Lipinski definition) is 7. The largest absolute Gasteiger partial charge is 0.490 e. The molecule has 0 fully saturated rings. The van der Waals surface area contributed by atoms with E-state index >= 15 is 0 Å². The summed E-state index contributed by atoms with van der Waals surface area (Å²) in [5, 5.41) is 20.3. The second kappa shape index (κ2) is 11.9. The number of aromatic nitrogens is 3. The van der Waals surface area contributed by atoms with Crippen molar-refractivity contribution in [2.24, 2.45) is 0 Å². The van der Waals surface area contributed by atoms with Crippen LogP contribution in [0, 0.1) is 30.9 Å². The van der Waals surface area contributed by atoms with Crippen LogP contribution in [-0.4, -0.2) is 32.8 Å². The number of thioether (sulfide) groups is 1. The molecule has 4 aromatic rings. The Morgan fingerprint density at radius 1 is 0.946 bits per heavy atom. The first-order chi connectivity index (χ1) is 17.8. The molecule has 0 unspecified atom stereocenters. The van der Waals surface area contributed by atoms with Crippen molar-refractivity contribution >= 4 is 11.8 Å². The van der Waals surface area contributed by atoms with E-state index in [1.165, 1.54) is 17.3 Å². The van der Waals surface area contributed by atoms with Crippen molar-refractivity contribution in [3.8, 4) is 17.2 Å². The minimum atomic E-state index is -0.507. The molecule has 0 N–H and O–H groups in total. The van der Waals surface area contributed by atoms with Crippen LogP contribution in [-0.2, 0) is 6.61 Å². The second-order valence-electron chi connectivity index (χ2n) is 8.74. The summed E-state index contributed by atoms with van der Waals surface area (Å²) in [5.74, 6) is 1.86. The Bertz CT molecular complexity index is 1370. The third-order valence-corrected chi connectivity index (χ3v) is 6.95. The van der Waals surface area contributed by atoms with E-state index in [0.717, 1.165) is 22.4 Å². The molecule has 0 amide bonds. The highest BCUT2D eigenvalue weighted by Gasteiger charge is 2.25. The molecule has 0 aliphatic carbocycles. The molecule has 1 atom stereocenters. The minimum Gasteiger partial charge on any atom is -0.490 e. The summed E-state index contributed by atoms with van der Waals surface area (Å²) in [6, 6.07) is 21.6. The highest BCUT2D eigenvalue weighted by Crippen LogP contribution is 2.39. The van der Waals surface area contributed by atoms with Gasteiger partial charge in [0.15, 0.2) is 16.7 Å². The molecule has 0 spiro atoms. The van der Waals surface area contributed by atoms with Crippen LogP contribution in [0.1, 0.15) is 40.3 Å². The minimum absolute atomic E-state index is 0.278. The molecule has 0 aliphatic heterocycles. The number of benzene rings is 3. The predicted molar refractivity (Wildman–Crippen MR) is 144 cm³/mol. The van der Waals surface area contributed by atoms with E-state index in [0.29, 0.717) is 35.7 Å². The zero-order chi connectivity index (χ0) is 26.4. The summed E-state index contributed by atoms with van der Waals surface area (Å²) < 4.78 is 13.8. The fourth-order valence-corrected chi connectivity index (χ4v) is 5.08. The third-order valence-electron chi connectivity index (χ3n) is 5.77. The topological polar surface area (TPSA) is 92.3 Å². The average molecular weight is 519 g/mol. The molecular weight excluding hydrogens is 488 g/mol. The molecule has 1 heterocycles. The fraction of sp³-hybridized carbons (Fsp3) is 0.286. The summed E-state index contributed by atoms with van der Waals surface area (Å²) in [6.07, 6.45) is 0. The first-order valence-corrected chi connectivity index (χ1v) is 12.9. The Hall–Kier alpha value is -3.85. The molecule has 1 aromatic heterocycles. The molecule has 192 valence electrons. The zero-order valence-electron chi connectivity index (χ0n) is 21.4. The van der Waals surface area contributed by atoms with Crippen molar-refractivity contribution in [1.29, 1.82) is 0 Å². The van der Waals surface area contributed by atoms with Gasteiger partial charge < -0.3 is 9.47 Å². The first-order valence-electron chi connectivity index (χ1n) is 12.1. The summed E-state index contributed by atoms with van der Waals surface area (Å²) in [5.41, 5.74) is 5.01. The van der Waals surface area contributed by atoms with Crippen molar-refractivity contribution in [2.75, 3.05) is 13.2 Å². The lowest BCUT2D eigenvalue weighted by molar-refractivity contribution is -0.479. The number of ether oxygens (including phenoxy) is 2. The number of nitrogens with zero attached hydrogens (tertiary/aromatic N) is 4. The van der Waals surface area contributed by atoms with Crippen LogP contribution in [0.4, 0.5) is 0 Å². The van der Waals surface area contributed by atoms with E-state index in [2.05, 4.69) is 10.2 Å². The molecule has 9 heteroatoms. The smallest absolute Gasteiger partial charge is 0.220 e. The van der Waals surface area contributed by atoms with Gasteiger partial charge >= 0.3 is 0 Å². The van der Waals surface area contributed by atoms with Gasteiger partial charge in [0.2, 0.25) is 6.54 Å². The SMILES string of the molecule is CCOc1cc([C@@H](C[N+](=O)[O-])Sc2nnc(C)n2-c2cccc(C)c2)ccc1OCc1ccc(C)cc1. The molecule has 0 saturated heterocycles. The van der Waals surface area contributed by atoms with Crippen molar-refractivity contribution < 1.29 is 14.4 Å². The van der Waals surface area contributed by atoms with Crippen molar-refractivity contribution in [3.63, 3.8) is 0 Å². The average Bonchev–Trinajstić information content (AvgIpc) is 3.23. The predicted octanol–water partition coefficient (Wildman–Crippen LogP) is 6.28. The van der Waals surface area contributed by atoms with Crippen molar-refractivity contribution in [3.05, 3.63) is 105 Å². The molecule has 0 saturated carbocycles. The van der Waals surface area contributed by atoms with Gasteiger partial charge in [-0.25, -0.2) is 0 Å². The Kier molecular flexibility index (Phi) is 8.45.